The molecule has 0 spiro atoms. The minimum absolute atomic E-state index is 0.0574. The van der Waals surface area contributed by atoms with E-state index < -0.39 is 0 Å². The molecular weight excluding hydrogens is 382 g/mol. The maximum Gasteiger partial charge on any atom is 0.289 e. The Hall–Kier alpha value is -3.68. The predicted molar refractivity (Wildman–Crippen MR) is 112 cm³/mol. The van der Waals surface area contributed by atoms with Gasteiger partial charge in [-0.3, -0.25) is 9.78 Å². The van der Waals surface area contributed by atoms with Crippen LogP contribution in [0.5, 0.6) is 17.4 Å². The second-order valence-electron chi connectivity index (χ2n) is 7.03. The van der Waals surface area contributed by atoms with Crippen LogP contribution in [-0.2, 0) is 0 Å². The molecule has 0 bridgehead atoms. The summed E-state index contributed by atoms with van der Waals surface area (Å²) in [6, 6.07) is 7.27. The Kier molecular flexibility index (Phi) is 5.47. The number of aromatic nitrogens is 4. The number of hydrogen-bond donors (Lipinski definition) is 1. The van der Waals surface area contributed by atoms with Crippen molar-refractivity contribution in [1.82, 2.24) is 24.8 Å². The van der Waals surface area contributed by atoms with Gasteiger partial charge in [-0.05, 0) is 44.2 Å². The number of H-pyrrole nitrogens is 1. The van der Waals surface area contributed by atoms with Gasteiger partial charge in [0.05, 0.1) is 12.8 Å². The molecule has 4 rings (SSSR count). The number of benzene rings is 1. The summed E-state index contributed by atoms with van der Waals surface area (Å²) in [6.45, 7) is 4.90. The third kappa shape index (κ3) is 3.89. The highest BCUT2D eigenvalue weighted by atomic mass is 16.5. The molecule has 8 heteroatoms. The van der Waals surface area contributed by atoms with Gasteiger partial charge in [0.15, 0.2) is 5.82 Å². The lowest BCUT2D eigenvalue weighted by atomic mass is 9.96. The number of amides is 1. The molecule has 2 aromatic heterocycles. The number of rotatable bonds is 6. The summed E-state index contributed by atoms with van der Waals surface area (Å²) in [4.78, 5) is 30.7. The highest BCUT2D eigenvalue weighted by molar-refractivity contribution is 5.91. The minimum Gasteiger partial charge on any atom is -0.497 e. The van der Waals surface area contributed by atoms with Gasteiger partial charge < -0.3 is 19.4 Å². The molecule has 0 aliphatic carbocycles. The van der Waals surface area contributed by atoms with Gasteiger partial charge in [-0.1, -0.05) is 6.08 Å². The quantitative estimate of drug-likeness (QED) is 0.674. The minimum atomic E-state index is -0.119. The van der Waals surface area contributed by atoms with Gasteiger partial charge in [0.25, 0.3) is 5.91 Å². The highest BCUT2D eigenvalue weighted by Crippen LogP contribution is 2.33. The fourth-order valence-electron chi connectivity index (χ4n) is 3.31. The molecule has 1 aromatic carbocycles. The van der Waals surface area contributed by atoms with Crippen molar-refractivity contribution < 1.29 is 14.3 Å². The number of nitrogens with zero attached hydrogens (tertiary/aromatic N) is 4. The molecule has 1 saturated heterocycles. The van der Waals surface area contributed by atoms with Gasteiger partial charge >= 0.3 is 0 Å². The number of carbonyl (C=O) groups is 1. The van der Waals surface area contributed by atoms with Gasteiger partial charge in [0.2, 0.25) is 5.88 Å². The van der Waals surface area contributed by atoms with Gasteiger partial charge in [0.1, 0.15) is 17.2 Å². The van der Waals surface area contributed by atoms with E-state index in [1.165, 1.54) is 0 Å². The average molecular weight is 405 g/mol. The van der Waals surface area contributed by atoms with Gasteiger partial charge in [-0.15, -0.1) is 0 Å². The molecule has 154 valence electrons. The van der Waals surface area contributed by atoms with Gasteiger partial charge in [0, 0.05) is 37.1 Å². The summed E-state index contributed by atoms with van der Waals surface area (Å²) in [6.07, 6.45) is 7.01. The molecule has 1 aliphatic rings. The zero-order chi connectivity index (χ0) is 21.1. The molecule has 1 N–H and O–H groups in total. The second kappa shape index (κ2) is 8.36. The van der Waals surface area contributed by atoms with E-state index in [9.17, 15) is 4.79 Å². The van der Waals surface area contributed by atoms with Crippen molar-refractivity contribution in [2.24, 2.45) is 0 Å². The summed E-state index contributed by atoms with van der Waals surface area (Å²) in [5.74, 6) is 2.14. The molecule has 3 aromatic rings. The number of likely N-dealkylation sites (tertiary alicyclic amines) is 1. The van der Waals surface area contributed by atoms with Crippen molar-refractivity contribution in [3.05, 3.63) is 65.6 Å². The van der Waals surface area contributed by atoms with Gasteiger partial charge in [-0.25, -0.2) is 9.97 Å². The van der Waals surface area contributed by atoms with Crippen LogP contribution in [0.3, 0.4) is 0 Å². The number of hydrogen-bond acceptors (Lipinski definition) is 6. The van der Waals surface area contributed by atoms with Gasteiger partial charge in [-0.2, -0.15) is 0 Å². The van der Waals surface area contributed by atoms with E-state index in [2.05, 4.69) is 19.9 Å². The van der Waals surface area contributed by atoms with Crippen LogP contribution in [0.15, 0.2) is 42.7 Å². The van der Waals surface area contributed by atoms with E-state index in [-0.39, 0.29) is 11.8 Å². The fraction of sp³-hybridized carbons (Fsp3) is 0.273. The van der Waals surface area contributed by atoms with Crippen LogP contribution in [0, 0.1) is 6.92 Å². The first-order valence-electron chi connectivity index (χ1n) is 9.70. The Labute approximate surface area is 174 Å². The van der Waals surface area contributed by atoms with E-state index in [4.69, 9.17) is 9.47 Å². The maximum atomic E-state index is 12.7. The smallest absolute Gasteiger partial charge is 0.289 e. The average Bonchev–Trinajstić information content (AvgIpc) is 3.09. The molecule has 1 aliphatic heterocycles. The lowest BCUT2D eigenvalue weighted by Crippen LogP contribution is -2.49. The first kappa shape index (κ1) is 19.6. The summed E-state index contributed by atoms with van der Waals surface area (Å²) in [5, 5.41) is 0. The molecule has 1 fully saturated rings. The number of aromatic amines is 1. The molecule has 30 heavy (non-hydrogen) atoms. The number of aryl methyl sites for hydroxylation is 1. The number of methoxy groups -OCH3 is 1. The largest absolute Gasteiger partial charge is 0.497 e. The van der Waals surface area contributed by atoms with E-state index >= 15 is 0 Å². The number of imidazole rings is 1. The summed E-state index contributed by atoms with van der Waals surface area (Å²) >= 11 is 0. The predicted octanol–water partition coefficient (Wildman–Crippen LogP) is 3.58. The monoisotopic (exact) mass is 405 g/mol. The van der Waals surface area contributed by atoms with Crippen molar-refractivity contribution in [2.45, 2.75) is 19.8 Å². The number of nitrogens with one attached hydrogen (secondary N) is 1. The number of ether oxygens (including phenoxy) is 2. The van der Waals surface area contributed by atoms with E-state index in [1.54, 1.807) is 24.4 Å². The van der Waals surface area contributed by atoms with Crippen molar-refractivity contribution in [1.29, 1.82) is 0 Å². The number of allylic oxidation sites excluding steroid dienone is 1. The molecule has 0 atom stereocenters. The van der Waals surface area contributed by atoms with E-state index in [0.29, 0.717) is 30.5 Å². The van der Waals surface area contributed by atoms with Crippen LogP contribution in [-0.4, -0.2) is 50.9 Å². The first-order valence-corrected chi connectivity index (χ1v) is 9.70. The van der Waals surface area contributed by atoms with Crippen LogP contribution in [0.25, 0.3) is 6.08 Å². The maximum absolute atomic E-state index is 12.7. The zero-order valence-electron chi connectivity index (χ0n) is 17.1. The molecule has 1 amide bonds. The Balaban J connectivity index is 1.44. The van der Waals surface area contributed by atoms with E-state index in [0.717, 1.165) is 22.8 Å². The molecule has 0 unspecified atom stereocenters. The Morgan fingerprint density at radius 1 is 1.17 bits per heavy atom. The van der Waals surface area contributed by atoms with Crippen LogP contribution < -0.4 is 9.47 Å². The van der Waals surface area contributed by atoms with Crippen LogP contribution in [0.4, 0.5) is 0 Å². The zero-order valence-corrected chi connectivity index (χ0v) is 17.1. The van der Waals surface area contributed by atoms with Crippen LogP contribution in [0.1, 0.15) is 40.5 Å². The molecular formula is C22H23N5O3. The molecule has 8 nitrogen and oxygen atoms in total. The summed E-state index contributed by atoms with van der Waals surface area (Å²) in [7, 11) is 1.62. The van der Waals surface area contributed by atoms with Crippen molar-refractivity contribution in [3.8, 4) is 17.4 Å². The van der Waals surface area contributed by atoms with E-state index in [1.807, 2.05) is 50.3 Å². The summed E-state index contributed by atoms with van der Waals surface area (Å²) in [5.41, 5.74) is 2.39. The van der Waals surface area contributed by atoms with Crippen molar-refractivity contribution >= 4 is 12.0 Å². The third-order valence-corrected chi connectivity index (χ3v) is 4.97. The molecule has 0 saturated carbocycles. The van der Waals surface area contributed by atoms with Crippen molar-refractivity contribution in [3.63, 3.8) is 0 Å². The first-order chi connectivity index (χ1) is 14.6. The second-order valence-corrected chi connectivity index (χ2v) is 7.03. The Morgan fingerprint density at radius 2 is 1.87 bits per heavy atom. The standard InChI is InChI=1S/C22H23N5O3/c1-4-5-18-14(2)25-20(26-18)22(28)27-12-15(13-27)19-21(24-11-10-23-19)30-17-8-6-16(29-3)7-9-17/h4-11,15H,12-13H2,1-3H3,(H,25,26)/b5-4-. The third-order valence-electron chi connectivity index (χ3n) is 4.97. The van der Waals surface area contributed by atoms with Crippen molar-refractivity contribution in [2.75, 3.05) is 20.2 Å². The highest BCUT2D eigenvalue weighted by Gasteiger charge is 2.36. The summed E-state index contributed by atoms with van der Waals surface area (Å²) < 4.78 is 11.1. The topological polar surface area (TPSA) is 93.2 Å². The molecule has 0 radical (unpaired) electrons. The SMILES string of the molecule is C/C=C\c1nc(C(=O)N2CC(c3nccnc3Oc3ccc(OC)cc3)C2)[nH]c1C. The Morgan fingerprint density at radius 3 is 2.57 bits per heavy atom. The lowest BCUT2D eigenvalue weighted by Gasteiger charge is -2.38. The Bertz CT molecular complexity index is 1070. The van der Waals surface area contributed by atoms with Crippen LogP contribution in [0.2, 0.25) is 0 Å². The lowest BCUT2D eigenvalue weighted by molar-refractivity contribution is 0.0584. The normalized spacial score (nSPS) is 14.0. The number of carbonyl (C=O) groups excluding carboxylic acids is 1. The van der Waals surface area contributed by atoms with Crippen LogP contribution >= 0.6 is 0 Å². The fourth-order valence-corrected chi connectivity index (χ4v) is 3.31. The molecule has 3 heterocycles.